The SMILES string of the molecule is CNC(c1ccc(OC)cc1)C1OCCC1C. The molecule has 1 aliphatic heterocycles. The first-order valence-electron chi connectivity index (χ1n) is 6.19. The zero-order valence-electron chi connectivity index (χ0n) is 10.8. The van der Waals surface area contributed by atoms with Crippen molar-refractivity contribution in [3.8, 4) is 5.75 Å². The first-order valence-corrected chi connectivity index (χ1v) is 6.19. The lowest BCUT2D eigenvalue weighted by Gasteiger charge is -2.26. The van der Waals surface area contributed by atoms with Crippen LogP contribution in [0.1, 0.15) is 24.9 Å². The Morgan fingerprint density at radius 2 is 2.06 bits per heavy atom. The van der Waals surface area contributed by atoms with E-state index in [2.05, 4.69) is 24.4 Å². The maximum absolute atomic E-state index is 5.84. The van der Waals surface area contributed by atoms with E-state index >= 15 is 0 Å². The van der Waals surface area contributed by atoms with Gasteiger partial charge in [-0.15, -0.1) is 0 Å². The molecule has 3 heteroatoms. The molecule has 0 bridgehead atoms. The van der Waals surface area contributed by atoms with E-state index < -0.39 is 0 Å². The van der Waals surface area contributed by atoms with E-state index in [1.54, 1.807) is 7.11 Å². The number of benzene rings is 1. The van der Waals surface area contributed by atoms with Gasteiger partial charge in [-0.2, -0.15) is 0 Å². The molecule has 0 aliphatic carbocycles. The van der Waals surface area contributed by atoms with E-state index in [1.807, 2.05) is 19.2 Å². The fraction of sp³-hybridized carbons (Fsp3) is 0.571. The Bertz CT molecular complexity index is 350. The molecule has 2 rings (SSSR count). The molecule has 1 N–H and O–H groups in total. The van der Waals surface area contributed by atoms with Gasteiger partial charge in [0.1, 0.15) is 5.75 Å². The molecule has 3 nitrogen and oxygen atoms in total. The lowest BCUT2D eigenvalue weighted by Crippen LogP contribution is -2.32. The molecule has 1 saturated heterocycles. The molecule has 1 aromatic rings. The molecule has 17 heavy (non-hydrogen) atoms. The first-order chi connectivity index (χ1) is 8.26. The summed E-state index contributed by atoms with van der Waals surface area (Å²) in [5.41, 5.74) is 1.26. The lowest BCUT2D eigenvalue weighted by atomic mass is 9.92. The Labute approximate surface area is 103 Å². The minimum atomic E-state index is 0.262. The van der Waals surface area contributed by atoms with Gasteiger partial charge in [0.15, 0.2) is 0 Å². The molecule has 0 spiro atoms. The highest BCUT2D eigenvalue weighted by atomic mass is 16.5. The number of rotatable bonds is 4. The number of hydrogen-bond donors (Lipinski definition) is 1. The van der Waals surface area contributed by atoms with E-state index in [4.69, 9.17) is 9.47 Å². The smallest absolute Gasteiger partial charge is 0.118 e. The molecular formula is C14H21NO2. The van der Waals surface area contributed by atoms with Gasteiger partial charge in [-0.3, -0.25) is 0 Å². The predicted molar refractivity (Wildman–Crippen MR) is 68.3 cm³/mol. The van der Waals surface area contributed by atoms with E-state index in [1.165, 1.54) is 5.56 Å². The average Bonchev–Trinajstić information content (AvgIpc) is 2.78. The molecular weight excluding hydrogens is 214 g/mol. The third kappa shape index (κ3) is 2.61. The van der Waals surface area contributed by atoms with Gasteiger partial charge < -0.3 is 14.8 Å². The monoisotopic (exact) mass is 235 g/mol. The molecule has 0 saturated carbocycles. The van der Waals surface area contributed by atoms with Crippen molar-refractivity contribution in [2.24, 2.45) is 5.92 Å². The van der Waals surface area contributed by atoms with E-state index in [-0.39, 0.29) is 12.1 Å². The second-order valence-corrected chi connectivity index (χ2v) is 4.64. The van der Waals surface area contributed by atoms with Crippen LogP contribution in [0.4, 0.5) is 0 Å². The van der Waals surface area contributed by atoms with E-state index in [0.29, 0.717) is 5.92 Å². The van der Waals surface area contributed by atoms with Crippen LogP contribution in [0.5, 0.6) is 5.75 Å². The molecule has 1 aliphatic rings. The summed E-state index contributed by atoms with van der Waals surface area (Å²) in [6.45, 7) is 3.13. The fourth-order valence-corrected chi connectivity index (χ4v) is 2.48. The summed E-state index contributed by atoms with van der Waals surface area (Å²) in [7, 11) is 3.68. The van der Waals surface area contributed by atoms with Gasteiger partial charge in [0.05, 0.1) is 19.3 Å². The van der Waals surface area contributed by atoms with Crippen molar-refractivity contribution in [3.63, 3.8) is 0 Å². The number of methoxy groups -OCH3 is 1. The van der Waals surface area contributed by atoms with Gasteiger partial charge in [-0.1, -0.05) is 19.1 Å². The third-order valence-corrected chi connectivity index (χ3v) is 3.56. The highest BCUT2D eigenvalue weighted by Crippen LogP contribution is 2.31. The molecule has 1 fully saturated rings. The minimum absolute atomic E-state index is 0.262. The second-order valence-electron chi connectivity index (χ2n) is 4.64. The fourth-order valence-electron chi connectivity index (χ4n) is 2.48. The summed E-state index contributed by atoms with van der Waals surface area (Å²) in [6, 6.07) is 8.47. The van der Waals surface area contributed by atoms with Crippen LogP contribution in [0.3, 0.4) is 0 Å². The molecule has 3 unspecified atom stereocenters. The zero-order chi connectivity index (χ0) is 12.3. The minimum Gasteiger partial charge on any atom is -0.497 e. The number of ether oxygens (including phenoxy) is 2. The van der Waals surface area contributed by atoms with Crippen LogP contribution in [0, 0.1) is 5.92 Å². The summed E-state index contributed by atoms with van der Waals surface area (Å²) in [5.74, 6) is 1.50. The molecule has 1 aromatic carbocycles. The highest BCUT2D eigenvalue weighted by Gasteiger charge is 2.31. The first kappa shape index (κ1) is 12.4. The predicted octanol–water partition coefficient (Wildman–Crippen LogP) is 2.38. The van der Waals surface area contributed by atoms with Crippen molar-refractivity contribution in [1.29, 1.82) is 0 Å². The van der Waals surface area contributed by atoms with Crippen LogP contribution in [-0.2, 0) is 4.74 Å². The lowest BCUT2D eigenvalue weighted by molar-refractivity contribution is 0.0631. The molecule has 0 radical (unpaired) electrons. The maximum atomic E-state index is 5.84. The second kappa shape index (κ2) is 5.52. The van der Waals surface area contributed by atoms with Gasteiger partial charge in [-0.25, -0.2) is 0 Å². The maximum Gasteiger partial charge on any atom is 0.118 e. The molecule has 1 heterocycles. The summed E-state index contributed by atoms with van der Waals surface area (Å²) >= 11 is 0. The van der Waals surface area contributed by atoms with Crippen molar-refractivity contribution < 1.29 is 9.47 Å². The number of hydrogen-bond acceptors (Lipinski definition) is 3. The van der Waals surface area contributed by atoms with Crippen LogP contribution >= 0.6 is 0 Å². The van der Waals surface area contributed by atoms with Gasteiger partial charge in [-0.05, 0) is 37.1 Å². The van der Waals surface area contributed by atoms with Crippen LogP contribution < -0.4 is 10.1 Å². The van der Waals surface area contributed by atoms with Crippen LogP contribution in [0.15, 0.2) is 24.3 Å². The van der Waals surface area contributed by atoms with Gasteiger partial charge in [0.2, 0.25) is 0 Å². The molecule has 3 atom stereocenters. The van der Waals surface area contributed by atoms with Crippen LogP contribution in [0.2, 0.25) is 0 Å². The quantitative estimate of drug-likeness (QED) is 0.869. The van der Waals surface area contributed by atoms with Crippen molar-refractivity contribution in [2.45, 2.75) is 25.5 Å². The highest BCUT2D eigenvalue weighted by molar-refractivity contribution is 5.29. The summed E-state index contributed by atoms with van der Waals surface area (Å²) < 4.78 is 11.0. The number of likely N-dealkylation sites (N-methyl/N-ethyl adjacent to an activating group) is 1. The Kier molecular flexibility index (Phi) is 4.02. The van der Waals surface area contributed by atoms with Gasteiger partial charge in [0, 0.05) is 6.61 Å². The van der Waals surface area contributed by atoms with Crippen LogP contribution in [0.25, 0.3) is 0 Å². The standard InChI is InChI=1S/C14H21NO2/c1-10-8-9-17-14(10)13(15-2)11-4-6-12(16-3)7-5-11/h4-7,10,13-15H,8-9H2,1-3H3. The zero-order valence-corrected chi connectivity index (χ0v) is 10.8. The Hall–Kier alpha value is -1.06. The van der Waals surface area contributed by atoms with Gasteiger partial charge >= 0.3 is 0 Å². The number of nitrogens with one attached hydrogen (secondary N) is 1. The molecule has 0 aromatic heterocycles. The van der Waals surface area contributed by atoms with E-state index in [0.717, 1.165) is 18.8 Å². The molecule has 94 valence electrons. The normalized spacial score (nSPS) is 25.8. The van der Waals surface area contributed by atoms with Gasteiger partial charge in [0.25, 0.3) is 0 Å². The van der Waals surface area contributed by atoms with Crippen molar-refractivity contribution in [1.82, 2.24) is 5.32 Å². The topological polar surface area (TPSA) is 30.5 Å². The van der Waals surface area contributed by atoms with Crippen LogP contribution in [-0.4, -0.2) is 26.9 Å². The Morgan fingerprint density at radius 1 is 1.35 bits per heavy atom. The summed E-state index contributed by atoms with van der Waals surface area (Å²) in [5, 5.41) is 3.36. The Balaban J connectivity index is 2.16. The summed E-state index contributed by atoms with van der Waals surface area (Å²) in [6.07, 6.45) is 1.42. The third-order valence-electron chi connectivity index (χ3n) is 3.56. The van der Waals surface area contributed by atoms with Crippen molar-refractivity contribution >= 4 is 0 Å². The largest absolute Gasteiger partial charge is 0.497 e. The average molecular weight is 235 g/mol. The van der Waals surface area contributed by atoms with Crippen molar-refractivity contribution in [3.05, 3.63) is 29.8 Å². The summed E-state index contributed by atoms with van der Waals surface area (Å²) in [4.78, 5) is 0. The van der Waals surface area contributed by atoms with Crippen molar-refractivity contribution in [2.75, 3.05) is 20.8 Å². The Morgan fingerprint density at radius 3 is 2.53 bits per heavy atom. The van der Waals surface area contributed by atoms with E-state index in [9.17, 15) is 0 Å². The molecule has 0 amide bonds.